The lowest BCUT2D eigenvalue weighted by Crippen LogP contribution is -2.37. The van der Waals surface area contributed by atoms with E-state index in [1.807, 2.05) is 0 Å². The van der Waals surface area contributed by atoms with Crippen molar-refractivity contribution in [2.75, 3.05) is 13.2 Å². The van der Waals surface area contributed by atoms with E-state index in [9.17, 15) is 14.0 Å². The smallest absolute Gasteiger partial charge is 0.410 e. The van der Waals surface area contributed by atoms with Gasteiger partial charge in [-0.25, -0.2) is 9.18 Å². The van der Waals surface area contributed by atoms with Crippen LogP contribution in [0.15, 0.2) is 12.1 Å². The van der Waals surface area contributed by atoms with Crippen LogP contribution in [0.25, 0.3) is 0 Å². The van der Waals surface area contributed by atoms with Crippen LogP contribution in [-0.2, 0) is 11.3 Å². The van der Waals surface area contributed by atoms with Crippen LogP contribution in [0, 0.1) is 5.82 Å². The third kappa shape index (κ3) is 3.71. The summed E-state index contributed by atoms with van der Waals surface area (Å²) in [6.45, 7) is 5.93. The Balaban J connectivity index is 2.26. The van der Waals surface area contributed by atoms with E-state index in [1.54, 1.807) is 20.8 Å². The van der Waals surface area contributed by atoms with E-state index < -0.39 is 17.5 Å². The van der Waals surface area contributed by atoms with Crippen LogP contribution in [0.4, 0.5) is 9.18 Å². The highest BCUT2D eigenvalue weighted by Gasteiger charge is 2.26. The Morgan fingerprint density at radius 1 is 1.43 bits per heavy atom. The van der Waals surface area contributed by atoms with Gasteiger partial charge in [0, 0.05) is 11.1 Å². The summed E-state index contributed by atoms with van der Waals surface area (Å²) in [7, 11) is 0. The number of rotatable bonds is 1. The number of fused-ring (bicyclic) bond motifs is 1. The number of aldehydes is 1. The maximum atomic E-state index is 13.9. The molecule has 21 heavy (non-hydrogen) atoms. The molecule has 114 valence electrons. The van der Waals surface area contributed by atoms with Crippen LogP contribution in [0.2, 0.25) is 0 Å². The molecule has 6 heteroatoms. The van der Waals surface area contributed by atoms with E-state index in [0.29, 0.717) is 18.4 Å². The van der Waals surface area contributed by atoms with Crippen molar-refractivity contribution in [2.24, 2.45) is 0 Å². The van der Waals surface area contributed by atoms with Gasteiger partial charge >= 0.3 is 6.09 Å². The topological polar surface area (TPSA) is 55.8 Å². The van der Waals surface area contributed by atoms with Crippen LogP contribution in [0.1, 0.15) is 36.7 Å². The van der Waals surface area contributed by atoms with Gasteiger partial charge in [-0.2, -0.15) is 0 Å². The molecule has 0 unspecified atom stereocenters. The molecule has 0 fully saturated rings. The third-order valence-corrected chi connectivity index (χ3v) is 2.90. The van der Waals surface area contributed by atoms with Gasteiger partial charge in [-0.1, -0.05) is 0 Å². The lowest BCUT2D eigenvalue weighted by Gasteiger charge is -2.26. The zero-order chi connectivity index (χ0) is 15.6. The van der Waals surface area contributed by atoms with Gasteiger partial charge in [0.05, 0.1) is 13.1 Å². The van der Waals surface area contributed by atoms with Crippen molar-refractivity contribution in [1.29, 1.82) is 0 Å². The highest BCUT2D eigenvalue weighted by atomic mass is 19.1. The molecule has 0 spiro atoms. The van der Waals surface area contributed by atoms with E-state index in [-0.39, 0.29) is 24.5 Å². The molecule has 1 aromatic carbocycles. The molecule has 1 aliphatic rings. The zero-order valence-electron chi connectivity index (χ0n) is 12.3. The van der Waals surface area contributed by atoms with E-state index >= 15 is 0 Å². The highest BCUT2D eigenvalue weighted by Crippen LogP contribution is 2.28. The van der Waals surface area contributed by atoms with Crippen LogP contribution in [0.3, 0.4) is 0 Å². The predicted octanol–water partition coefficient (Wildman–Crippen LogP) is 2.77. The van der Waals surface area contributed by atoms with Crippen molar-refractivity contribution in [2.45, 2.75) is 32.9 Å². The molecule has 0 saturated carbocycles. The SMILES string of the molecule is CC(C)(C)OC(=O)N1CCOc2c(F)cc(C=O)cc2C1. The average Bonchev–Trinajstić information content (AvgIpc) is 2.59. The van der Waals surface area contributed by atoms with E-state index in [0.717, 1.165) is 6.07 Å². The molecule has 5 nitrogen and oxygen atoms in total. The summed E-state index contributed by atoms with van der Waals surface area (Å²) in [4.78, 5) is 24.4. The van der Waals surface area contributed by atoms with Crippen LogP contribution in [-0.4, -0.2) is 36.0 Å². The number of benzene rings is 1. The third-order valence-electron chi connectivity index (χ3n) is 2.90. The molecular formula is C15H18FNO4. The Bertz CT molecular complexity index is 566. The molecule has 1 aromatic rings. The number of nitrogens with zero attached hydrogens (tertiary/aromatic N) is 1. The van der Waals surface area contributed by atoms with Gasteiger partial charge in [0.2, 0.25) is 0 Å². The molecule has 2 rings (SSSR count). The number of amides is 1. The van der Waals surface area contributed by atoms with E-state index in [2.05, 4.69) is 0 Å². The first-order valence-corrected chi connectivity index (χ1v) is 6.68. The summed E-state index contributed by atoms with van der Waals surface area (Å²) in [5.41, 5.74) is 0.0597. The van der Waals surface area contributed by atoms with Gasteiger partial charge in [-0.05, 0) is 32.9 Å². The molecule has 0 aromatic heterocycles. The minimum atomic E-state index is -0.608. The first kappa shape index (κ1) is 15.3. The van der Waals surface area contributed by atoms with Crippen molar-refractivity contribution in [3.05, 3.63) is 29.1 Å². The van der Waals surface area contributed by atoms with Crippen molar-refractivity contribution in [3.8, 4) is 5.75 Å². The maximum absolute atomic E-state index is 13.9. The zero-order valence-corrected chi connectivity index (χ0v) is 12.3. The number of hydrogen-bond acceptors (Lipinski definition) is 4. The maximum Gasteiger partial charge on any atom is 0.410 e. The second-order valence-corrected chi connectivity index (χ2v) is 5.86. The summed E-state index contributed by atoms with van der Waals surface area (Å²) in [5.74, 6) is -0.507. The van der Waals surface area contributed by atoms with Gasteiger partial charge in [-0.3, -0.25) is 4.79 Å². The van der Waals surface area contributed by atoms with Crippen LogP contribution in [0.5, 0.6) is 5.75 Å². The first-order chi connectivity index (χ1) is 9.80. The fourth-order valence-corrected chi connectivity index (χ4v) is 2.05. The van der Waals surface area contributed by atoms with Crippen molar-refractivity contribution in [3.63, 3.8) is 0 Å². The van der Waals surface area contributed by atoms with Crippen LogP contribution < -0.4 is 4.74 Å². The molecule has 1 aliphatic heterocycles. The molecule has 0 radical (unpaired) electrons. The molecule has 0 N–H and O–H groups in total. The van der Waals surface area contributed by atoms with Gasteiger partial charge in [-0.15, -0.1) is 0 Å². The number of ether oxygens (including phenoxy) is 2. The minimum Gasteiger partial charge on any atom is -0.488 e. The molecule has 0 aliphatic carbocycles. The first-order valence-electron chi connectivity index (χ1n) is 6.68. The molecule has 1 amide bonds. The monoisotopic (exact) mass is 295 g/mol. The molecule has 1 heterocycles. The Morgan fingerprint density at radius 3 is 2.76 bits per heavy atom. The highest BCUT2D eigenvalue weighted by molar-refractivity contribution is 5.76. The Kier molecular flexibility index (Phi) is 4.16. The Morgan fingerprint density at radius 2 is 2.14 bits per heavy atom. The summed E-state index contributed by atoms with van der Waals surface area (Å²) in [6, 6.07) is 2.64. The summed E-state index contributed by atoms with van der Waals surface area (Å²) < 4.78 is 24.5. The lowest BCUT2D eigenvalue weighted by atomic mass is 10.1. The summed E-state index contributed by atoms with van der Waals surface area (Å²) in [6.07, 6.45) is 0.0716. The van der Waals surface area contributed by atoms with Crippen molar-refractivity contribution < 1.29 is 23.5 Å². The van der Waals surface area contributed by atoms with Crippen molar-refractivity contribution in [1.82, 2.24) is 4.90 Å². The normalized spacial score (nSPS) is 14.8. The number of hydrogen-bond donors (Lipinski definition) is 0. The van der Waals surface area contributed by atoms with Gasteiger partial charge in [0.1, 0.15) is 18.5 Å². The predicted molar refractivity (Wildman–Crippen MR) is 73.9 cm³/mol. The Labute approximate surface area is 122 Å². The number of carbonyl (C=O) groups is 2. The minimum absolute atomic E-state index is 0.0895. The Hall–Kier alpha value is -2.11. The van der Waals surface area contributed by atoms with Gasteiger partial charge < -0.3 is 14.4 Å². The van der Waals surface area contributed by atoms with E-state index in [1.165, 1.54) is 11.0 Å². The fraction of sp³-hybridized carbons (Fsp3) is 0.467. The van der Waals surface area contributed by atoms with Crippen molar-refractivity contribution >= 4 is 12.4 Å². The molecule has 0 atom stereocenters. The van der Waals surface area contributed by atoms with Gasteiger partial charge in [0.25, 0.3) is 0 Å². The second kappa shape index (κ2) is 5.71. The largest absolute Gasteiger partial charge is 0.488 e. The number of halogens is 1. The van der Waals surface area contributed by atoms with E-state index in [4.69, 9.17) is 9.47 Å². The lowest BCUT2D eigenvalue weighted by molar-refractivity contribution is 0.0225. The fourth-order valence-electron chi connectivity index (χ4n) is 2.05. The molecular weight excluding hydrogens is 277 g/mol. The second-order valence-electron chi connectivity index (χ2n) is 5.86. The number of carbonyl (C=O) groups excluding carboxylic acids is 2. The molecule has 0 bridgehead atoms. The van der Waals surface area contributed by atoms with Gasteiger partial charge in [0.15, 0.2) is 11.6 Å². The standard InChI is InChI=1S/C15H18FNO4/c1-15(2,3)21-14(19)17-4-5-20-13-11(8-17)6-10(9-18)7-12(13)16/h6-7,9H,4-5,8H2,1-3H3. The summed E-state index contributed by atoms with van der Waals surface area (Å²) in [5, 5.41) is 0. The quantitative estimate of drug-likeness (QED) is 0.748. The summed E-state index contributed by atoms with van der Waals surface area (Å²) >= 11 is 0. The molecule has 0 saturated heterocycles. The van der Waals surface area contributed by atoms with Crippen LogP contribution >= 0.6 is 0 Å². The average molecular weight is 295 g/mol.